The van der Waals surface area contributed by atoms with Crippen LogP contribution in [0.5, 0.6) is 5.75 Å². The van der Waals surface area contributed by atoms with Crippen LogP contribution in [-0.4, -0.2) is 54.0 Å². The van der Waals surface area contributed by atoms with Crippen LogP contribution in [0, 0.1) is 0 Å². The molecule has 5 nitrogen and oxygen atoms in total. The number of carbonyl (C=O) groups excluding carboxylic acids is 1. The molecule has 0 spiro atoms. The fourth-order valence-electron chi connectivity index (χ4n) is 4.52. The first kappa shape index (κ1) is 19.0. The Morgan fingerprint density at radius 2 is 1.71 bits per heavy atom. The van der Waals surface area contributed by atoms with Crippen LogP contribution in [0.4, 0.5) is 5.69 Å². The van der Waals surface area contributed by atoms with Crippen molar-refractivity contribution in [1.29, 1.82) is 0 Å². The van der Waals surface area contributed by atoms with Gasteiger partial charge in [0, 0.05) is 50.9 Å². The lowest BCUT2D eigenvalue weighted by molar-refractivity contribution is -0.114. The van der Waals surface area contributed by atoms with Gasteiger partial charge in [0.2, 0.25) is 5.91 Å². The van der Waals surface area contributed by atoms with Crippen LogP contribution in [0.1, 0.15) is 25.3 Å². The number of hydrogen-bond donors (Lipinski definition) is 1. The predicted octanol–water partition coefficient (Wildman–Crippen LogP) is 3.37. The van der Waals surface area contributed by atoms with Gasteiger partial charge in [0.05, 0.1) is 0 Å². The maximum absolute atomic E-state index is 11.1. The van der Waals surface area contributed by atoms with E-state index in [0.29, 0.717) is 18.7 Å². The van der Waals surface area contributed by atoms with E-state index in [9.17, 15) is 4.79 Å². The molecule has 2 heterocycles. The Labute approximate surface area is 167 Å². The van der Waals surface area contributed by atoms with E-state index in [-0.39, 0.29) is 5.91 Å². The van der Waals surface area contributed by atoms with Crippen molar-refractivity contribution in [2.45, 2.75) is 38.4 Å². The largest absolute Gasteiger partial charge is 0.492 e. The molecule has 1 N–H and O–H groups in total. The van der Waals surface area contributed by atoms with Gasteiger partial charge in [0.15, 0.2) is 0 Å². The Hall–Kier alpha value is -2.37. The van der Waals surface area contributed by atoms with Gasteiger partial charge in [-0.1, -0.05) is 30.3 Å². The maximum Gasteiger partial charge on any atom is 0.221 e. The average molecular weight is 380 g/mol. The number of fused-ring (bicyclic) bond motifs is 2. The van der Waals surface area contributed by atoms with E-state index in [2.05, 4.69) is 45.4 Å². The highest BCUT2D eigenvalue weighted by molar-refractivity contribution is 5.88. The molecule has 28 heavy (non-hydrogen) atoms. The van der Waals surface area contributed by atoms with Crippen molar-refractivity contribution in [3.8, 4) is 5.75 Å². The molecule has 0 saturated carbocycles. The molecule has 2 aromatic rings. The third-order valence-corrected chi connectivity index (χ3v) is 5.75. The Morgan fingerprint density at radius 3 is 2.36 bits per heavy atom. The molecule has 2 fully saturated rings. The number of amides is 1. The second-order valence-corrected chi connectivity index (χ2v) is 7.86. The van der Waals surface area contributed by atoms with Gasteiger partial charge in [0.1, 0.15) is 12.4 Å². The van der Waals surface area contributed by atoms with Crippen molar-refractivity contribution in [3.63, 3.8) is 0 Å². The Morgan fingerprint density at radius 1 is 1.04 bits per heavy atom. The molecule has 4 rings (SSSR count). The van der Waals surface area contributed by atoms with Crippen molar-refractivity contribution < 1.29 is 9.53 Å². The van der Waals surface area contributed by atoms with E-state index in [4.69, 9.17) is 4.74 Å². The molecule has 2 saturated heterocycles. The van der Waals surface area contributed by atoms with Crippen molar-refractivity contribution in [3.05, 3.63) is 60.2 Å². The van der Waals surface area contributed by atoms with Gasteiger partial charge in [0.25, 0.3) is 0 Å². The predicted molar refractivity (Wildman–Crippen MR) is 111 cm³/mol. The number of nitrogens with one attached hydrogen (secondary N) is 1. The fourth-order valence-corrected chi connectivity index (χ4v) is 4.52. The smallest absolute Gasteiger partial charge is 0.221 e. The number of hydrogen-bond acceptors (Lipinski definition) is 4. The summed E-state index contributed by atoms with van der Waals surface area (Å²) in [5, 5.41) is 2.77. The summed E-state index contributed by atoms with van der Waals surface area (Å²) in [6, 6.07) is 19.7. The van der Waals surface area contributed by atoms with E-state index >= 15 is 0 Å². The van der Waals surface area contributed by atoms with Gasteiger partial charge < -0.3 is 10.1 Å². The summed E-state index contributed by atoms with van der Waals surface area (Å²) in [7, 11) is 0. The van der Waals surface area contributed by atoms with Gasteiger partial charge >= 0.3 is 0 Å². The molecule has 148 valence electrons. The number of rotatable bonds is 7. The second kappa shape index (κ2) is 8.76. The minimum Gasteiger partial charge on any atom is -0.492 e. The van der Waals surface area contributed by atoms with Crippen LogP contribution >= 0.6 is 0 Å². The first-order valence-electron chi connectivity index (χ1n) is 10.2. The molecule has 2 aromatic carbocycles. The van der Waals surface area contributed by atoms with Crippen LogP contribution in [0.15, 0.2) is 54.6 Å². The van der Waals surface area contributed by atoms with E-state index in [1.165, 1.54) is 25.3 Å². The third-order valence-electron chi connectivity index (χ3n) is 5.75. The molecule has 1 amide bonds. The quantitative estimate of drug-likeness (QED) is 0.801. The molecular formula is C23H29N3O2. The number of carbonyl (C=O) groups is 1. The van der Waals surface area contributed by atoms with E-state index in [0.717, 1.165) is 37.6 Å². The summed E-state index contributed by atoms with van der Waals surface area (Å²) in [5.41, 5.74) is 2.20. The zero-order valence-corrected chi connectivity index (χ0v) is 16.5. The van der Waals surface area contributed by atoms with Crippen LogP contribution in [0.25, 0.3) is 0 Å². The van der Waals surface area contributed by atoms with Gasteiger partial charge in [-0.3, -0.25) is 14.6 Å². The van der Waals surface area contributed by atoms with Gasteiger partial charge in [-0.25, -0.2) is 0 Å². The standard InChI is InChI=1S/C23H29N3O2/c1-18(27)24-20-7-11-23(12-8-20)28-14-13-26-21-9-10-22(26)17-25(16-21)15-19-5-3-2-4-6-19/h2-8,11-12,21-22H,9-10,13-17H2,1H3,(H,24,27)/t21-,22+. The molecule has 5 heteroatoms. The summed E-state index contributed by atoms with van der Waals surface area (Å²) in [4.78, 5) is 16.3. The normalized spacial score (nSPS) is 22.2. The van der Waals surface area contributed by atoms with Gasteiger partial charge in [-0.05, 0) is 42.7 Å². The van der Waals surface area contributed by atoms with Crippen molar-refractivity contribution >= 4 is 11.6 Å². The molecule has 2 aliphatic heterocycles. The summed E-state index contributed by atoms with van der Waals surface area (Å²) in [5.74, 6) is 0.791. The second-order valence-electron chi connectivity index (χ2n) is 7.86. The van der Waals surface area contributed by atoms with Crippen LogP contribution < -0.4 is 10.1 Å². The molecule has 2 bridgehead atoms. The first-order valence-corrected chi connectivity index (χ1v) is 10.2. The van der Waals surface area contributed by atoms with Crippen molar-refractivity contribution in [2.75, 3.05) is 31.6 Å². The average Bonchev–Trinajstić information content (AvgIpc) is 2.92. The number of benzene rings is 2. The van der Waals surface area contributed by atoms with Crippen molar-refractivity contribution in [2.24, 2.45) is 0 Å². The Bertz CT molecular complexity index is 764. The number of likely N-dealkylation sites (tertiary alicyclic amines) is 1. The molecule has 0 aromatic heterocycles. The van der Waals surface area contributed by atoms with E-state index < -0.39 is 0 Å². The summed E-state index contributed by atoms with van der Waals surface area (Å²) < 4.78 is 5.95. The lowest BCUT2D eigenvalue weighted by Crippen LogP contribution is -2.54. The molecule has 0 unspecified atom stereocenters. The third kappa shape index (κ3) is 4.72. The summed E-state index contributed by atoms with van der Waals surface area (Å²) in [6.07, 6.45) is 2.59. The highest BCUT2D eigenvalue weighted by Gasteiger charge is 2.39. The van der Waals surface area contributed by atoms with Crippen LogP contribution in [0.3, 0.4) is 0 Å². The SMILES string of the molecule is CC(=O)Nc1ccc(OCCN2[C@@H]3CC[C@H]2CN(Cc2ccccc2)C3)cc1. The summed E-state index contributed by atoms with van der Waals surface area (Å²) in [6.45, 7) is 6.54. The van der Waals surface area contributed by atoms with Gasteiger partial charge in [-0.15, -0.1) is 0 Å². The first-order chi connectivity index (χ1) is 13.7. The molecular weight excluding hydrogens is 350 g/mol. The van der Waals surface area contributed by atoms with Crippen molar-refractivity contribution in [1.82, 2.24) is 9.80 Å². The van der Waals surface area contributed by atoms with E-state index in [1.54, 1.807) is 0 Å². The fraction of sp³-hybridized carbons (Fsp3) is 0.435. The Kier molecular flexibility index (Phi) is 5.93. The monoisotopic (exact) mass is 379 g/mol. The zero-order valence-electron chi connectivity index (χ0n) is 16.5. The highest BCUT2D eigenvalue weighted by atomic mass is 16.5. The lowest BCUT2D eigenvalue weighted by atomic mass is 10.1. The zero-order chi connectivity index (χ0) is 19.3. The maximum atomic E-state index is 11.1. The van der Waals surface area contributed by atoms with Crippen LogP contribution in [0.2, 0.25) is 0 Å². The topological polar surface area (TPSA) is 44.8 Å². The minimum absolute atomic E-state index is 0.0597. The molecule has 0 radical (unpaired) electrons. The highest BCUT2D eigenvalue weighted by Crippen LogP contribution is 2.30. The number of piperazine rings is 1. The molecule has 2 aliphatic rings. The van der Waals surface area contributed by atoms with Gasteiger partial charge in [-0.2, -0.15) is 0 Å². The number of ether oxygens (including phenoxy) is 1. The Balaban J connectivity index is 1.24. The number of anilines is 1. The minimum atomic E-state index is -0.0597. The molecule has 2 atom stereocenters. The number of nitrogens with zero attached hydrogens (tertiary/aromatic N) is 2. The van der Waals surface area contributed by atoms with Crippen LogP contribution in [-0.2, 0) is 11.3 Å². The lowest BCUT2D eigenvalue weighted by Gasteiger charge is -2.41. The van der Waals surface area contributed by atoms with E-state index in [1.807, 2.05) is 24.3 Å². The summed E-state index contributed by atoms with van der Waals surface area (Å²) >= 11 is 0. The molecule has 0 aliphatic carbocycles.